The summed E-state index contributed by atoms with van der Waals surface area (Å²) < 4.78 is 27.5. The summed E-state index contributed by atoms with van der Waals surface area (Å²) in [5.74, 6) is 0. The molecule has 0 saturated carbocycles. The molecule has 0 aliphatic rings. The molecule has 0 radical (unpaired) electrons. The Labute approximate surface area is 190 Å². The van der Waals surface area contributed by atoms with E-state index < -0.39 is 34.8 Å². The first kappa shape index (κ1) is 30.0. The molecule has 0 N–H and O–H groups in total. The van der Waals surface area contributed by atoms with Crippen molar-refractivity contribution in [2.75, 3.05) is 13.2 Å². The Kier molecular flexibility index (Phi) is 12.7. The van der Waals surface area contributed by atoms with Crippen molar-refractivity contribution < 1.29 is 30.8 Å². The maximum atomic E-state index is 7.29. The van der Waals surface area contributed by atoms with Gasteiger partial charge in [0.25, 0.3) is 0 Å². The van der Waals surface area contributed by atoms with Gasteiger partial charge >= 0.3 is 191 Å². The van der Waals surface area contributed by atoms with E-state index in [9.17, 15) is 0 Å². The van der Waals surface area contributed by atoms with Crippen molar-refractivity contribution in [3.63, 3.8) is 0 Å². The molecule has 0 heterocycles. The van der Waals surface area contributed by atoms with Gasteiger partial charge in [-0.1, -0.05) is 0 Å². The monoisotopic (exact) mass is 484 g/mol. The third-order valence-corrected chi connectivity index (χ3v) is 26.4. The molecule has 29 heavy (non-hydrogen) atoms. The van der Waals surface area contributed by atoms with Gasteiger partial charge in [0.2, 0.25) is 0 Å². The molecule has 0 aliphatic carbocycles. The Morgan fingerprint density at radius 3 is 0.828 bits per heavy atom. The van der Waals surface area contributed by atoms with Crippen LogP contribution in [0.5, 0.6) is 0 Å². The zero-order valence-corrected chi connectivity index (χ0v) is 25.6. The zero-order valence-electron chi connectivity index (χ0n) is 22.0. The topological polar surface area (TPSA) is 36.9 Å². The molecule has 0 aromatic carbocycles. The average Bonchev–Trinajstić information content (AvgIpc) is 2.56. The van der Waals surface area contributed by atoms with E-state index >= 15 is 0 Å². The van der Waals surface area contributed by atoms with Crippen LogP contribution in [0.15, 0.2) is 0 Å². The maximum absolute atomic E-state index is 7.29. The van der Waals surface area contributed by atoms with Gasteiger partial charge in [-0.2, -0.15) is 0 Å². The summed E-state index contributed by atoms with van der Waals surface area (Å²) in [7, 11) is -4.42. The number of rotatable bonds is 14. The van der Waals surface area contributed by atoms with Crippen LogP contribution >= 0.6 is 0 Å². The van der Waals surface area contributed by atoms with Crippen molar-refractivity contribution in [1.82, 2.24) is 0 Å². The summed E-state index contributed by atoms with van der Waals surface area (Å²) in [5, 5.41) is 0. The second kappa shape index (κ2) is 12.3. The molecular formula is C22H52O4Si2Ti. The fourth-order valence-corrected chi connectivity index (χ4v) is 30.0. The fraction of sp³-hybridized carbons (Fsp3) is 1.00. The number of hydrogen-bond donors (Lipinski definition) is 0. The molecule has 0 fully saturated rings. The molecule has 0 rings (SSSR count). The Hall–Kier alpha value is 0.988. The Balaban J connectivity index is 6.66. The van der Waals surface area contributed by atoms with E-state index in [2.05, 4.69) is 83.1 Å². The fourth-order valence-electron chi connectivity index (χ4n) is 5.67. The summed E-state index contributed by atoms with van der Waals surface area (Å²) in [6.07, 6.45) is 0. The Morgan fingerprint density at radius 2 is 0.690 bits per heavy atom. The van der Waals surface area contributed by atoms with E-state index in [0.29, 0.717) is 46.5 Å². The van der Waals surface area contributed by atoms with Gasteiger partial charge in [-0.15, -0.1) is 0 Å². The third kappa shape index (κ3) is 6.50. The van der Waals surface area contributed by atoms with Crippen LogP contribution in [-0.2, 0) is 30.8 Å². The van der Waals surface area contributed by atoms with Gasteiger partial charge < -0.3 is 0 Å². The molecule has 0 aliphatic heterocycles. The summed E-state index contributed by atoms with van der Waals surface area (Å²) in [6.45, 7) is 33.0. The van der Waals surface area contributed by atoms with Crippen LogP contribution in [0, 0.1) is 0 Å². The molecule has 0 saturated heterocycles. The van der Waals surface area contributed by atoms with E-state index in [1.54, 1.807) is 0 Å². The quantitative estimate of drug-likeness (QED) is 0.233. The van der Waals surface area contributed by atoms with Crippen molar-refractivity contribution in [3.05, 3.63) is 0 Å². The molecule has 0 bridgehead atoms. The van der Waals surface area contributed by atoms with E-state index in [4.69, 9.17) is 12.7 Å². The predicted octanol–water partition coefficient (Wildman–Crippen LogP) is 8.26. The molecular weight excluding hydrogens is 432 g/mol. The van der Waals surface area contributed by atoms with Gasteiger partial charge in [0.15, 0.2) is 0 Å². The minimum atomic E-state index is -3.99. The first-order valence-electron chi connectivity index (χ1n) is 11.9. The summed E-state index contributed by atoms with van der Waals surface area (Å²) in [4.78, 5) is 0. The van der Waals surface area contributed by atoms with Crippen LogP contribution in [0.4, 0.5) is 0 Å². The average molecular weight is 485 g/mol. The molecule has 0 amide bonds. The second-order valence-corrected chi connectivity index (χ2v) is 25.3. The van der Waals surface area contributed by atoms with E-state index in [0.717, 1.165) is 0 Å². The van der Waals surface area contributed by atoms with E-state index in [1.165, 1.54) is 0 Å². The molecule has 0 aromatic heterocycles. The Bertz CT molecular complexity index is 382. The molecule has 0 spiro atoms. The van der Waals surface area contributed by atoms with Crippen LogP contribution in [0.2, 0.25) is 33.2 Å². The van der Waals surface area contributed by atoms with Crippen LogP contribution in [-0.4, -0.2) is 29.8 Å². The van der Waals surface area contributed by atoms with Crippen molar-refractivity contribution in [1.29, 1.82) is 0 Å². The normalized spacial score (nSPS) is 14.5. The van der Waals surface area contributed by atoms with Crippen LogP contribution < -0.4 is 0 Å². The summed E-state index contributed by atoms with van der Waals surface area (Å²) >= 11 is -3.99. The molecule has 0 atom stereocenters. The standard InChI is InChI=1S/2C9H21OSi.2C2H5O.Ti/c2*1-7(2)11(10,8(3)4)9(5)6;2*1-2-3;/h2*7-9H,1-6H3;2*2H2,1H3;/q4*-1;+4. The van der Waals surface area contributed by atoms with Gasteiger partial charge in [-0.25, -0.2) is 0 Å². The molecule has 176 valence electrons. The SMILES string of the molecule is CC[O][Ti]([O]CC)([O][Si](C(C)C)(C(C)C)C(C)C)[O][Si](C(C)C)(C(C)C)C(C)C. The molecule has 4 nitrogen and oxygen atoms in total. The van der Waals surface area contributed by atoms with Crippen LogP contribution in [0.25, 0.3) is 0 Å². The molecule has 7 heteroatoms. The Morgan fingerprint density at radius 1 is 0.483 bits per heavy atom. The third-order valence-electron chi connectivity index (χ3n) is 6.66. The summed E-state index contributed by atoms with van der Waals surface area (Å²) in [6, 6.07) is 0. The number of hydrogen-bond acceptors (Lipinski definition) is 4. The van der Waals surface area contributed by atoms with Crippen LogP contribution in [0.1, 0.15) is 96.9 Å². The first-order valence-corrected chi connectivity index (χ1v) is 18.7. The van der Waals surface area contributed by atoms with Crippen molar-refractivity contribution >= 4 is 16.6 Å². The van der Waals surface area contributed by atoms with Crippen molar-refractivity contribution in [2.24, 2.45) is 0 Å². The van der Waals surface area contributed by atoms with Gasteiger partial charge in [-0.05, 0) is 0 Å². The first-order chi connectivity index (χ1) is 13.2. The van der Waals surface area contributed by atoms with Crippen LogP contribution in [0.3, 0.4) is 0 Å². The second-order valence-electron chi connectivity index (χ2n) is 10.2. The summed E-state index contributed by atoms with van der Waals surface area (Å²) in [5.41, 5.74) is 2.78. The molecule has 0 aromatic rings. The minimum absolute atomic E-state index is 0.463. The predicted molar refractivity (Wildman–Crippen MR) is 128 cm³/mol. The molecule has 0 unspecified atom stereocenters. The van der Waals surface area contributed by atoms with E-state index in [-0.39, 0.29) is 0 Å². The van der Waals surface area contributed by atoms with Gasteiger partial charge in [0.1, 0.15) is 0 Å². The zero-order chi connectivity index (χ0) is 23.2. The van der Waals surface area contributed by atoms with E-state index in [1.807, 2.05) is 13.8 Å². The van der Waals surface area contributed by atoms with Gasteiger partial charge in [0, 0.05) is 0 Å². The van der Waals surface area contributed by atoms with Crippen molar-refractivity contribution in [2.45, 2.75) is 130 Å². The van der Waals surface area contributed by atoms with Gasteiger partial charge in [-0.3, -0.25) is 0 Å². The van der Waals surface area contributed by atoms with Gasteiger partial charge in [0.05, 0.1) is 0 Å². The van der Waals surface area contributed by atoms with Crippen molar-refractivity contribution in [3.8, 4) is 0 Å².